The largest absolute Gasteiger partial charge is 0.374 e. The molecule has 1 aromatic rings. The third-order valence-corrected chi connectivity index (χ3v) is 2.39. The Morgan fingerprint density at radius 3 is 2.50 bits per heavy atom. The minimum absolute atomic E-state index is 0.307. The highest BCUT2D eigenvalue weighted by molar-refractivity contribution is 5.30. The van der Waals surface area contributed by atoms with Gasteiger partial charge >= 0.3 is 0 Å². The van der Waals surface area contributed by atoms with Crippen LogP contribution in [0.15, 0.2) is 24.3 Å². The molecular formula is C14H17FO. The first-order chi connectivity index (χ1) is 7.56. The third kappa shape index (κ3) is 3.67. The lowest BCUT2D eigenvalue weighted by atomic mass is 9.96. The Balaban J connectivity index is 2.75. The lowest BCUT2D eigenvalue weighted by Gasteiger charge is -2.16. The molecular weight excluding hydrogens is 203 g/mol. The van der Waals surface area contributed by atoms with Crippen LogP contribution in [0.3, 0.4) is 0 Å². The van der Waals surface area contributed by atoms with Gasteiger partial charge in [0.2, 0.25) is 0 Å². The molecule has 0 aromatic heterocycles. The summed E-state index contributed by atoms with van der Waals surface area (Å²) in [5.41, 5.74) is -0.570. The molecule has 1 atom stereocenters. The van der Waals surface area contributed by atoms with E-state index in [0.717, 1.165) is 19.3 Å². The van der Waals surface area contributed by atoms with Gasteiger partial charge in [0.1, 0.15) is 11.4 Å². The summed E-state index contributed by atoms with van der Waals surface area (Å²) in [6, 6.07) is 5.78. The van der Waals surface area contributed by atoms with E-state index in [1.54, 1.807) is 19.1 Å². The highest BCUT2D eigenvalue weighted by atomic mass is 19.1. The standard InChI is InChI=1S/C14H17FO/c1-3-4-5-6-11-14(2,16)12-7-9-13(15)10-8-12/h7-10,16H,3-5H2,1-2H3. The van der Waals surface area contributed by atoms with Crippen molar-refractivity contribution in [2.24, 2.45) is 0 Å². The summed E-state index contributed by atoms with van der Waals surface area (Å²) in [6.45, 7) is 3.72. The fourth-order valence-electron chi connectivity index (χ4n) is 1.35. The molecule has 0 amide bonds. The van der Waals surface area contributed by atoms with Crippen LogP contribution in [-0.2, 0) is 5.60 Å². The number of hydrogen-bond donors (Lipinski definition) is 1. The monoisotopic (exact) mass is 220 g/mol. The van der Waals surface area contributed by atoms with Gasteiger partial charge in [-0.2, -0.15) is 0 Å². The van der Waals surface area contributed by atoms with Crippen molar-refractivity contribution in [2.45, 2.75) is 38.7 Å². The summed E-state index contributed by atoms with van der Waals surface area (Å²) < 4.78 is 12.7. The van der Waals surface area contributed by atoms with E-state index in [9.17, 15) is 9.50 Å². The summed E-state index contributed by atoms with van der Waals surface area (Å²) in [6.07, 6.45) is 2.91. The average Bonchev–Trinajstić information content (AvgIpc) is 2.25. The first kappa shape index (κ1) is 12.7. The molecule has 0 radical (unpaired) electrons. The Morgan fingerprint density at radius 2 is 1.94 bits per heavy atom. The van der Waals surface area contributed by atoms with E-state index in [1.807, 2.05) is 0 Å². The van der Waals surface area contributed by atoms with E-state index < -0.39 is 5.60 Å². The highest BCUT2D eigenvalue weighted by Gasteiger charge is 2.19. The van der Waals surface area contributed by atoms with Crippen LogP contribution in [0.2, 0.25) is 0 Å². The second kappa shape index (κ2) is 5.67. The van der Waals surface area contributed by atoms with Gasteiger partial charge in [-0.15, -0.1) is 0 Å². The minimum atomic E-state index is -1.19. The van der Waals surface area contributed by atoms with E-state index in [2.05, 4.69) is 18.8 Å². The molecule has 1 N–H and O–H groups in total. The molecule has 0 aliphatic heterocycles. The molecule has 0 heterocycles. The van der Waals surface area contributed by atoms with Crippen molar-refractivity contribution in [1.29, 1.82) is 0 Å². The van der Waals surface area contributed by atoms with Crippen LogP contribution in [0.25, 0.3) is 0 Å². The van der Waals surface area contributed by atoms with Crippen molar-refractivity contribution in [3.63, 3.8) is 0 Å². The average molecular weight is 220 g/mol. The van der Waals surface area contributed by atoms with Gasteiger partial charge in [0.05, 0.1) is 0 Å². The summed E-state index contributed by atoms with van der Waals surface area (Å²) in [5.74, 6) is 5.45. The molecule has 1 aromatic carbocycles. The molecule has 0 aliphatic rings. The lowest BCUT2D eigenvalue weighted by molar-refractivity contribution is 0.122. The Bertz CT molecular complexity index is 381. The first-order valence-electron chi connectivity index (χ1n) is 5.54. The minimum Gasteiger partial charge on any atom is -0.374 e. The van der Waals surface area contributed by atoms with Crippen LogP contribution in [-0.4, -0.2) is 5.11 Å². The van der Waals surface area contributed by atoms with Gasteiger partial charge in [0, 0.05) is 6.42 Å². The Labute approximate surface area is 96.3 Å². The van der Waals surface area contributed by atoms with E-state index >= 15 is 0 Å². The van der Waals surface area contributed by atoms with Crippen LogP contribution in [0.1, 0.15) is 38.7 Å². The maximum Gasteiger partial charge on any atom is 0.148 e. The zero-order chi connectivity index (χ0) is 12.0. The topological polar surface area (TPSA) is 20.2 Å². The highest BCUT2D eigenvalue weighted by Crippen LogP contribution is 2.19. The molecule has 86 valence electrons. The predicted octanol–water partition coefficient (Wildman–Crippen LogP) is 3.23. The van der Waals surface area contributed by atoms with Crippen molar-refractivity contribution in [3.05, 3.63) is 35.6 Å². The second-order valence-corrected chi connectivity index (χ2v) is 3.98. The maximum atomic E-state index is 12.7. The van der Waals surface area contributed by atoms with E-state index in [-0.39, 0.29) is 5.82 Å². The zero-order valence-corrected chi connectivity index (χ0v) is 9.76. The summed E-state index contributed by atoms with van der Waals surface area (Å²) in [7, 11) is 0. The number of benzene rings is 1. The third-order valence-electron chi connectivity index (χ3n) is 2.39. The molecule has 0 saturated carbocycles. The molecule has 16 heavy (non-hydrogen) atoms. The molecule has 0 saturated heterocycles. The molecule has 0 bridgehead atoms. The zero-order valence-electron chi connectivity index (χ0n) is 9.76. The molecule has 0 fully saturated rings. The smallest absolute Gasteiger partial charge is 0.148 e. The molecule has 2 heteroatoms. The predicted molar refractivity (Wildman–Crippen MR) is 63.3 cm³/mol. The van der Waals surface area contributed by atoms with Crippen molar-refractivity contribution < 1.29 is 9.50 Å². The van der Waals surface area contributed by atoms with Crippen molar-refractivity contribution >= 4 is 0 Å². The van der Waals surface area contributed by atoms with Gasteiger partial charge in [-0.3, -0.25) is 0 Å². The van der Waals surface area contributed by atoms with Gasteiger partial charge in [-0.25, -0.2) is 4.39 Å². The number of hydrogen-bond acceptors (Lipinski definition) is 1. The molecule has 1 unspecified atom stereocenters. The van der Waals surface area contributed by atoms with Crippen molar-refractivity contribution in [1.82, 2.24) is 0 Å². The van der Waals surface area contributed by atoms with Crippen LogP contribution < -0.4 is 0 Å². The molecule has 1 rings (SSSR count). The van der Waals surface area contributed by atoms with Gasteiger partial charge in [-0.1, -0.05) is 37.3 Å². The number of unbranched alkanes of at least 4 members (excludes halogenated alkanes) is 2. The van der Waals surface area contributed by atoms with Crippen LogP contribution in [0.4, 0.5) is 4.39 Å². The SMILES string of the molecule is CCCCC#CC(C)(O)c1ccc(F)cc1. The van der Waals surface area contributed by atoms with Gasteiger partial charge < -0.3 is 5.11 Å². The Kier molecular flexibility index (Phi) is 4.52. The van der Waals surface area contributed by atoms with Gasteiger partial charge in [0.25, 0.3) is 0 Å². The summed E-state index contributed by atoms with van der Waals surface area (Å²) in [4.78, 5) is 0. The maximum absolute atomic E-state index is 12.7. The van der Waals surface area contributed by atoms with Crippen molar-refractivity contribution in [3.8, 4) is 11.8 Å². The van der Waals surface area contributed by atoms with Crippen LogP contribution in [0, 0.1) is 17.7 Å². The van der Waals surface area contributed by atoms with E-state index in [0.29, 0.717) is 5.56 Å². The Morgan fingerprint density at radius 1 is 1.31 bits per heavy atom. The molecule has 0 aliphatic carbocycles. The number of aliphatic hydroxyl groups is 1. The fraction of sp³-hybridized carbons (Fsp3) is 0.429. The van der Waals surface area contributed by atoms with Gasteiger partial charge in [-0.05, 0) is 31.0 Å². The lowest BCUT2D eigenvalue weighted by Crippen LogP contribution is -2.18. The second-order valence-electron chi connectivity index (χ2n) is 3.98. The van der Waals surface area contributed by atoms with E-state index in [1.165, 1.54) is 12.1 Å². The van der Waals surface area contributed by atoms with Gasteiger partial charge in [0.15, 0.2) is 0 Å². The number of halogens is 1. The van der Waals surface area contributed by atoms with E-state index in [4.69, 9.17) is 0 Å². The molecule has 0 spiro atoms. The quantitative estimate of drug-likeness (QED) is 0.612. The normalized spacial score (nSPS) is 13.8. The summed E-state index contributed by atoms with van der Waals surface area (Å²) in [5, 5.41) is 10.1. The first-order valence-corrected chi connectivity index (χ1v) is 5.54. The fourth-order valence-corrected chi connectivity index (χ4v) is 1.35. The van der Waals surface area contributed by atoms with Crippen LogP contribution >= 0.6 is 0 Å². The number of rotatable bonds is 3. The molecule has 1 nitrogen and oxygen atoms in total. The summed E-state index contributed by atoms with van der Waals surface area (Å²) >= 11 is 0. The van der Waals surface area contributed by atoms with Crippen molar-refractivity contribution in [2.75, 3.05) is 0 Å². The van der Waals surface area contributed by atoms with Crippen LogP contribution in [0.5, 0.6) is 0 Å². The Hall–Kier alpha value is -1.33.